The largest absolute Gasteiger partial charge is 0.495 e. The van der Waals surface area contributed by atoms with Gasteiger partial charge in [-0.1, -0.05) is 41.9 Å². The lowest BCUT2D eigenvalue weighted by molar-refractivity contribution is -0.917. The maximum absolute atomic E-state index is 12.8. The highest BCUT2D eigenvalue weighted by molar-refractivity contribution is 7.92. The average Bonchev–Trinajstić information content (AvgIpc) is 2.78. The van der Waals surface area contributed by atoms with E-state index in [0.29, 0.717) is 42.6 Å². The van der Waals surface area contributed by atoms with E-state index in [9.17, 15) is 13.2 Å². The number of piperazine rings is 1. The predicted molar refractivity (Wildman–Crippen MR) is 123 cm³/mol. The number of nitrogens with zero attached hydrogens (tertiary/aromatic N) is 1. The number of hydrogen-bond acceptors (Lipinski definition) is 4. The number of sulfonamides is 1. The number of benzene rings is 2. The number of anilines is 1. The van der Waals surface area contributed by atoms with E-state index in [1.54, 1.807) is 24.3 Å². The predicted octanol–water partition coefficient (Wildman–Crippen LogP) is 1.88. The van der Waals surface area contributed by atoms with Crippen molar-refractivity contribution in [2.75, 3.05) is 38.6 Å². The highest BCUT2D eigenvalue weighted by Crippen LogP contribution is 2.27. The van der Waals surface area contributed by atoms with Crippen molar-refractivity contribution in [3.8, 4) is 5.75 Å². The van der Waals surface area contributed by atoms with Crippen LogP contribution in [0.25, 0.3) is 6.08 Å². The lowest BCUT2D eigenvalue weighted by atomic mass is 10.2. The number of nitrogens with one attached hydrogen (secondary N) is 2. The Morgan fingerprint density at radius 1 is 1.19 bits per heavy atom. The van der Waals surface area contributed by atoms with E-state index in [-0.39, 0.29) is 11.9 Å². The van der Waals surface area contributed by atoms with Crippen LogP contribution in [0.3, 0.4) is 0 Å². The highest BCUT2D eigenvalue weighted by atomic mass is 35.5. The van der Waals surface area contributed by atoms with Gasteiger partial charge in [0, 0.05) is 10.4 Å². The second-order valence-electron chi connectivity index (χ2n) is 7.37. The number of hydrogen-bond donors (Lipinski definition) is 2. The Labute approximate surface area is 188 Å². The van der Waals surface area contributed by atoms with Crippen LogP contribution in [0.2, 0.25) is 5.02 Å². The Kier molecular flexibility index (Phi) is 7.72. The van der Waals surface area contributed by atoms with Gasteiger partial charge in [-0.15, -0.1) is 0 Å². The van der Waals surface area contributed by atoms with Crippen molar-refractivity contribution in [3.05, 3.63) is 64.5 Å². The number of methoxy groups -OCH3 is 1. The third-order valence-electron chi connectivity index (χ3n) is 5.38. The summed E-state index contributed by atoms with van der Waals surface area (Å²) < 4.78 is 32.0. The van der Waals surface area contributed by atoms with E-state index in [2.05, 4.69) is 5.32 Å². The first-order chi connectivity index (χ1) is 14.8. The molecule has 1 fully saturated rings. The van der Waals surface area contributed by atoms with Crippen LogP contribution in [-0.4, -0.2) is 58.0 Å². The van der Waals surface area contributed by atoms with Crippen molar-refractivity contribution in [3.63, 3.8) is 0 Å². The molecule has 0 bridgehead atoms. The Bertz CT molecular complexity index is 1040. The Hall–Kier alpha value is -2.39. The molecule has 1 heterocycles. The Morgan fingerprint density at radius 2 is 1.87 bits per heavy atom. The molecule has 1 aliphatic heterocycles. The number of halogens is 1. The smallest absolute Gasteiger partial charge is 0.282 e. The van der Waals surface area contributed by atoms with Gasteiger partial charge < -0.3 is 15.0 Å². The average molecular weight is 465 g/mol. The zero-order chi connectivity index (χ0) is 22.4. The summed E-state index contributed by atoms with van der Waals surface area (Å²) in [5.74, 6) is 0.358. The van der Waals surface area contributed by atoms with E-state index in [1.165, 1.54) is 16.8 Å². The third kappa shape index (κ3) is 6.07. The molecule has 2 aromatic carbocycles. The van der Waals surface area contributed by atoms with Gasteiger partial charge in [0.25, 0.3) is 5.91 Å². The maximum Gasteiger partial charge on any atom is 0.282 e. The minimum absolute atomic E-state index is 0.171. The van der Waals surface area contributed by atoms with Gasteiger partial charge in [0.1, 0.15) is 5.75 Å². The standard InChI is InChI=1S/C22H26ClN3O4S/c1-17(22(27)24-20-16-19(23)8-9-21(20)30-2)25-11-13-26(14-12-25)31(28,29)15-10-18-6-4-3-5-7-18/h3-10,15-17H,11-14H2,1-2H3,(H,24,27)/p+1/b15-10+/t17-/m1/s1. The fourth-order valence-corrected chi connectivity index (χ4v) is 4.84. The molecule has 0 aliphatic carbocycles. The number of ether oxygens (including phenoxy) is 1. The second kappa shape index (κ2) is 10.3. The van der Waals surface area contributed by atoms with E-state index in [0.717, 1.165) is 10.5 Å². The summed E-state index contributed by atoms with van der Waals surface area (Å²) in [5.41, 5.74) is 1.34. The van der Waals surface area contributed by atoms with E-state index in [4.69, 9.17) is 16.3 Å². The van der Waals surface area contributed by atoms with Crippen LogP contribution >= 0.6 is 11.6 Å². The fourth-order valence-electron chi connectivity index (χ4n) is 3.48. The molecule has 0 radical (unpaired) electrons. The molecule has 0 aromatic heterocycles. The molecule has 3 rings (SSSR count). The third-order valence-corrected chi connectivity index (χ3v) is 7.18. The van der Waals surface area contributed by atoms with Crippen LogP contribution in [0.1, 0.15) is 12.5 Å². The monoisotopic (exact) mass is 464 g/mol. The molecule has 1 saturated heterocycles. The molecule has 1 atom stereocenters. The number of carbonyl (C=O) groups excluding carboxylic acids is 1. The molecule has 0 spiro atoms. The van der Waals surface area contributed by atoms with Crippen molar-refractivity contribution < 1.29 is 22.8 Å². The quantitative estimate of drug-likeness (QED) is 0.655. The highest BCUT2D eigenvalue weighted by Gasteiger charge is 2.33. The molecular formula is C22H27ClN3O4S+. The van der Waals surface area contributed by atoms with Crippen molar-refractivity contribution in [1.29, 1.82) is 0 Å². The molecular weight excluding hydrogens is 438 g/mol. The molecule has 1 amide bonds. The molecule has 31 heavy (non-hydrogen) atoms. The Morgan fingerprint density at radius 3 is 2.52 bits per heavy atom. The van der Waals surface area contributed by atoms with E-state index in [1.807, 2.05) is 37.3 Å². The SMILES string of the molecule is COc1ccc(Cl)cc1NC(=O)[C@@H](C)[NH+]1CCN(S(=O)(=O)/C=C/c2ccccc2)CC1. The van der Waals surface area contributed by atoms with Gasteiger partial charge >= 0.3 is 0 Å². The van der Waals surface area contributed by atoms with E-state index >= 15 is 0 Å². The second-order valence-corrected chi connectivity index (χ2v) is 9.63. The zero-order valence-electron chi connectivity index (χ0n) is 17.5. The normalized spacial score (nSPS) is 16.9. The van der Waals surface area contributed by atoms with E-state index < -0.39 is 10.0 Å². The lowest BCUT2D eigenvalue weighted by Crippen LogP contribution is -3.19. The number of carbonyl (C=O) groups is 1. The van der Waals surface area contributed by atoms with Crippen molar-refractivity contribution in [2.45, 2.75) is 13.0 Å². The van der Waals surface area contributed by atoms with Gasteiger partial charge in [0.05, 0.1) is 39.0 Å². The molecule has 2 aromatic rings. The van der Waals surface area contributed by atoms with Crippen LogP contribution in [-0.2, 0) is 14.8 Å². The molecule has 7 nitrogen and oxygen atoms in total. The van der Waals surface area contributed by atoms with Crippen LogP contribution in [0, 0.1) is 0 Å². The summed E-state index contributed by atoms with van der Waals surface area (Å²) in [7, 11) is -1.98. The molecule has 1 aliphatic rings. The van der Waals surface area contributed by atoms with Gasteiger partial charge in [-0.2, -0.15) is 4.31 Å². The van der Waals surface area contributed by atoms with Crippen molar-refractivity contribution in [2.24, 2.45) is 0 Å². The molecule has 9 heteroatoms. The molecule has 0 saturated carbocycles. The van der Waals surface area contributed by atoms with Crippen LogP contribution in [0.4, 0.5) is 5.69 Å². The maximum atomic E-state index is 12.8. The van der Waals surface area contributed by atoms with Gasteiger partial charge in [-0.25, -0.2) is 8.42 Å². The number of rotatable bonds is 7. The van der Waals surface area contributed by atoms with Crippen LogP contribution in [0.15, 0.2) is 53.9 Å². The fraction of sp³-hybridized carbons (Fsp3) is 0.318. The zero-order valence-corrected chi connectivity index (χ0v) is 19.1. The molecule has 166 valence electrons. The first-order valence-electron chi connectivity index (χ1n) is 10.0. The number of amides is 1. The first kappa shape index (κ1) is 23.3. The van der Waals surface area contributed by atoms with Gasteiger partial charge in [0.2, 0.25) is 10.0 Å². The van der Waals surface area contributed by atoms with Crippen molar-refractivity contribution in [1.82, 2.24) is 4.31 Å². The first-order valence-corrected chi connectivity index (χ1v) is 11.9. The summed E-state index contributed by atoms with van der Waals surface area (Å²) >= 11 is 6.03. The summed E-state index contributed by atoms with van der Waals surface area (Å²) in [6, 6.07) is 14.0. The topological polar surface area (TPSA) is 80.2 Å². The van der Waals surface area contributed by atoms with Gasteiger partial charge in [0.15, 0.2) is 6.04 Å². The summed E-state index contributed by atoms with van der Waals surface area (Å²) in [6.45, 7) is 3.63. The minimum Gasteiger partial charge on any atom is -0.495 e. The van der Waals surface area contributed by atoms with Gasteiger partial charge in [-0.3, -0.25) is 4.79 Å². The molecule has 0 unspecified atom stereocenters. The molecule has 2 N–H and O–H groups in total. The van der Waals surface area contributed by atoms with Crippen LogP contribution < -0.4 is 15.0 Å². The Balaban J connectivity index is 1.58. The lowest BCUT2D eigenvalue weighted by Gasteiger charge is -2.33. The number of quaternary nitrogens is 1. The summed E-state index contributed by atoms with van der Waals surface area (Å²) in [6.07, 6.45) is 1.60. The van der Waals surface area contributed by atoms with Crippen molar-refractivity contribution >= 4 is 39.3 Å². The summed E-state index contributed by atoms with van der Waals surface area (Å²) in [4.78, 5) is 13.8. The summed E-state index contributed by atoms with van der Waals surface area (Å²) in [5, 5.41) is 4.61. The minimum atomic E-state index is -3.51. The van der Waals surface area contributed by atoms with Crippen LogP contribution in [0.5, 0.6) is 5.75 Å². The van der Waals surface area contributed by atoms with Gasteiger partial charge in [-0.05, 0) is 36.8 Å².